The molecule has 0 aliphatic carbocycles. The first-order chi connectivity index (χ1) is 13.8. The molecule has 0 amide bonds. The zero-order valence-corrected chi connectivity index (χ0v) is 15.7. The number of fused-ring (bicyclic) bond motifs is 2. The highest BCUT2D eigenvalue weighted by atomic mass is 35.5. The van der Waals surface area contributed by atoms with E-state index in [1.165, 1.54) is 10.9 Å². The van der Waals surface area contributed by atoms with Crippen molar-refractivity contribution >= 4 is 39.4 Å². The Labute approximate surface area is 166 Å². The van der Waals surface area contributed by atoms with Gasteiger partial charge in [-0.05, 0) is 42.3 Å². The molecule has 0 radical (unpaired) electrons. The molecule has 0 spiro atoms. The predicted molar refractivity (Wildman–Crippen MR) is 112 cm³/mol. The topological polar surface area (TPSA) is 71.4 Å². The van der Waals surface area contributed by atoms with E-state index in [9.17, 15) is 0 Å². The van der Waals surface area contributed by atoms with Crippen LogP contribution in [-0.2, 0) is 6.42 Å². The summed E-state index contributed by atoms with van der Waals surface area (Å²) in [7, 11) is 0. The second-order valence-electron chi connectivity index (χ2n) is 6.53. The maximum Gasteiger partial charge on any atom is 0.168 e. The van der Waals surface area contributed by atoms with Crippen molar-refractivity contribution in [2.24, 2.45) is 0 Å². The maximum atomic E-state index is 5.98. The summed E-state index contributed by atoms with van der Waals surface area (Å²) in [6, 6.07) is 15.8. The van der Waals surface area contributed by atoms with Crippen LogP contribution < -0.4 is 5.32 Å². The molecular formula is C21H17ClN6. The third-order valence-electron chi connectivity index (χ3n) is 4.80. The van der Waals surface area contributed by atoms with Gasteiger partial charge in [-0.2, -0.15) is 5.10 Å². The van der Waals surface area contributed by atoms with Gasteiger partial charge in [0.1, 0.15) is 12.1 Å². The Hall–Kier alpha value is -3.38. The molecule has 6 nitrogen and oxygen atoms in total. The standard InChI is InChI=1S/C21H17ClN6/c22-15-5-7-16(8-6-15)28-21-18(12-27-28)20(25-13-26-21)23-10-9-14-11-24-19-4-2-1-3-17(14)19/h1-8,11-13,24H,9-10H2,(H,23,25,26). The number of anilines is 1. The smallest absolute Gasteiger partial charge is 0.168 e. The van der Waals surface area contributed by atoms with E-state index in [1.807, 2.05) is 30.3 Å². The maximum absolute atomic E-state index is 5.98. The lowest BCUT2D eigenvalue weighted by Gasteiger charge is -2.07. The number of aromatic nitrogens is 5. The molecule has 5 aromatic rings. The lowest BCUT2D eigenvalue weighted by atomic mass is 10.1. The van der Waals surface area contributed by atoms with Gasteiger partial charge in [0.25, 0.3) is 0 Å². The fraction of sp³-hybridized carbons (Fsp3) is 0.0952. The van der Waals surface area contributed by atoms with E-state index in [0.29, 0.717) is 5.02 Å². The zero-order chi connectivity index (χ0) is 18.9. The number of aromatic amines is 1. The molecule has 0 atom stereocenters. The summed E-state index contributed by atoms with van der Waals surface area (Å²) < 4.78 is 1.79. The van der Waals surface area contributed by atoms with Crippen LogP contribution in [0.2, 0.25) is 5.02 Å². The third kappa shape index (κ3) is 2.97. The molecule has 0 saturated carbocycles. The summed E-state index contributed by atoms with van der Waals surface area (Å²) in [6.07, 6.45) is 6.31. The first-order valence-electron chi connectivity index (χ1n) is 9.03. The SMILES string of the molecule is Clc1ccc(-n2ncc3c(NCCc4c[nH]c5ccccc45)ncnc32)cc1. The third-order valence-corrected chi connectivity index (χ3v) is 5.05. The van der Waals surface area contributed by atoms with Gasteiger partial charge in [0.15, 0.2) is 5.65 Å². The van der Waals surface area contributed by atoms with Crippen LogP contribution in [0.25, 0.3) is 27.6 Å². The number of benzene rings is 2. The number of nitrogens with zero attached hydrogens (tertiary/aromatic N) is 4. The van der Waals surface area contributed by atoms with Crippen LogP contribution in [0, 0.1) is 0 Å². The van der Waals surface area contributed by atoms with Gasteiger partial charge in [0, 0.05) is 28.7 Å². The van der Waals surface area contributed by atoms with Crippen LogP contribution in [0.3, 0.4) is 0 Å². The fourth-order valence-electron chi connectivity index (χ4n) is 3.41. The minimum atomic E-state index is 0.689. The van der Waals surface area contributed by atoms with Crippen molar-refractivity contribution in [1.82, 2.24) is 24.7 Å². The Bertz CT molecular complexity index is 1260. The van der Waals surface area contributed by atoms with Crippen LogP contribution in [0.4, 0.5) is 5.82 Å². The van der Waals surface area contributed by atoms with Gasteiger partial charge in [0.2, 0.25) is 0 Å². The molecule has 0 fully saturated rings. The summed E-state index contributed by atoms with van der Waals surface area (Å²) in [6.45, 7) is 0.764. The van der Waals surface area contributed by atoms with Crippen LogP contribution in [0.15, 0.2) is 67.3 Å². The molecule has 0 saturated heterocycles. The summed E-state index contributed by atoms with van der Waals surface area (Å²) >= 11 is 5.98. The Balaban J connectivity index is 1.38. The van der Waals surface area contributed by atoms with Crippen molar-refractivity contribution in [2.75, 3.05) is 11.9 Å². The summed E-state index contributed by atoms with van der Waals surface area (Å²) in [5.41, 5.74) is 4.10. The second kappa shape index (κ2) is 6.98. The number of halogens is 1. The number of para-hydroxylation sites is 1. The molecule has 5 rings (SSSR count). The van der Waals surface area contributed by atoms with E-state index in [0.717, 1.165) is 41.0 Å². The van der Waals surface area contributed by atoms with E-state index in [4.69, 9.17) is 11.6 Å². The Morgan fingerprint density at radius 3 is 2.75 bits per heavy atom. The van der Waals surface area contributed by atoms with Crippen LogP contribution in [0.5, 0.6) is 0 Å². The van der Waals surface area contributed by atoms with E-state index in [2.05, 4.69) is 49.8 Å². The van der Waals surface area contributed by atoms with Gasteiger partial charge in [-0.1, -0.05) is 29.8 Å². The average molecular weight is 389 g/mol. The average Bonchev–Trinajstić information content (AvgIpc) is 3.34. The first-order valence-corrected chi connectivity index (χ1v) is 9.41. The fourth-order valence-corrected chi connectivity index (χ4v) is 3.54. The summed E-state index contributed by atoms with van der Waals surface area (Å²) in [4.78, 5) is 12.1. The number of hydrogen-bond acceptors (Lipinski definition) is 4. The number of rotatable bonds is 5. The summed E-state index contributed by atoms with van der Waals surface area (Å²) in [5.74, 6) is 0.782. The minimum Gasteiger partial charge on any atom is -0.369 e. The number of H-pyrrole nitrogens is 1. The number of nitrogens with one attached hydrogen (secondary N) is 2. The normalized spacial score (nSPS) is 11.3. The Morgan fingerprint density at radius 2 is 1.86 bits per heavy atom. The van der Waals surface area contributed by atoms with Crippen molar-refractivity contribution in [1.29, 1.82) is 0 Å². The van der Waals surface area contributed by atoms with E-state index < -0.39 is 0 Å². The monoisotopic (exact) mass is 388 g/mol. The van der Waals surface area contributed by atoms with Gasteiger partial charge in [-0.25, -0.2) is 14.6 Å². The summed E-state index contributed by atoms with van der Waals surface area (Å²) in [5, 5.41) is 10.7. The van der Waals surface area contributed by atoms with Crippen LogP contribution in [-0.4, -0.2) is 31.3 Å². The molecule has 3 heterocycles. The van der Waals surface area contributed by atoms with Crippen molar-refractivity contribution in [3.05, 3.63) is 77.8 Å². The van der Waals surface area contributed by atoms with Gasteiger partial charge in [-0.15, -0.1) is 0 Å². The van der Waals surface area contributed by atoms with Gasteiger partial charge in [-0.3, -0.25) is 0 Å². The molecule has 2 aromatic carbocycles. The highest BCUT2D eigenvalue weighted by Gasteiger charge is 2.11. The molecule has 28 heavy (non-hydrogen) atoms. The van der Waals surface area contributed by atoms with E-state index in [-0.39, 0.29) is 0 Å². The van der Waals surface area contributed by atoms with Crippen molar-refractivity contribution in [2.45, 2.75) is 6.42 Å². The van der Waals surface area contributed by atoms with E-state index in [1.54, 1.807) is 17.2 Å². The molecule has 0 unspecified atom stereocenters. The highest BCUT2D eigenvalue weighted by Crippen LogP contribution is 2.23. The first kappa shape index (κ1) is 16.8. The Morgan fingerprint density at radius 1 is 1.00 bits per heavy atom. The lowest BCUT2D eigenvalue weighted by molar-refractivity contribution is 0.895. The van der Waals surface area contributed by atoms with Crippen LogP contribution in [0.1, 0.15) is 5.56 Å². The Kier molecular flexibility index (Phi) is 4.18. The minimum absolute atomic E-state index is 0.689. The second-order valence-corrected chi connectivity index (χ2v) is 6.97. The van der Waals surface area contributed by atoms with E-state index >= 15 is 0 Å². The molecule has 138 valence electrons. The van der Waals surface area contributed by atoms with Crippen molar-refractivity contribution < 1.29 is 0 Å². The number of hydrogen-bond donors (Lipinski definition) is 2. The van der Waals surface area contributed by atoms with Gasteiger partial charge < -0.3 is 10.3 Å². The van der Waals surface area contributed by atoms with Crippen LogP contribution >= 0.6 is 11.6 Å². The molecule has 2 N–H and O–H groups in total. The van der Waals surface area contributed by atoms with Crippen molar-refractivity contribution in [3.8, 4) is 5.69 Å². The molecule has 0 bridgehead atoms. The molecular weight excluding hydrogens is 372 g/mol. The van der Waals surface area contributed by atoms with Gasteiger partial charge >= 0.3 is 0 Å². The molecule has 0 aliphatic heterocycles. The highest BCUT2D eigenvalue weighted by molar-refractivity contribution is 6.30. The zero-order valence-electron chi connectivity index (χ0n) is 14.9. The largest absolute Gasteiger partial charge is 0.369 e. The molecule has 7 heteroatoms. The van der Waals surface area contributed by atoms with Gasteiger partial charge in [0.05, 0.1) is 17.3 Å². The van der Waals surface area contributed by atoms with Crippen molar-refractivity contribution in [3.63, 3.8) is 0 Å². The quantitative estimate of drug-likeness (QED) is 0.461. The molecule has 0 aliphatic rings. The molecule has 3 aromatic heterocycles. The predicted octanol–water partition coefficient (Wildman–Crippen LogP) is 4.60. The lowest BCUT2D eigenvalue weighted by Crippen LogP contribution is -2.07.